The number of ether oxygens (including phenoxy) is 1. The number of pyridine rings is 1. The molecule has 0 radical (unpaired) electrons. The number of nitro groups is 1. The Morgan fingerprint density at radius 3 is 2.35 bits per heavy atom. The van der Waals surface area contributed by atoms with Crippen LogP contribution in [-0.4, -0.2) is 27.3 Å². The highest BCUT2D eigenvalue weighted by molar-refractivity contribution is 5.91. The zero-order chi connectivity index (χ0) is 15.7. The van der Waals surface area contributed by atoms with Crippen LogP contribution < -0.4 is 4.74 Å². The molecule has 0 unspecified atom stereocenters. The second-order valence-corrected chi connectivity index (χ2v) is 3.16. The average molecular weight is 302 g/mol. The minimum atomic E-state index is -5.42. The van der Waals surface area contributed by atoms with Gasteiger partial charge in [0.2, 0.25) is 0 Å². The molecular formula is C8H3F5N2O5. The van der Waals surface area contributed by atoms with Gasteiger partial charge in [0, 0.05) is 4.98 Å². The molecule has 110 valence electrons. The lowest BCUT2D eigenvalue weighted by Gasteiger charge is -2.09. The molecule has 0 amide bonds. The van der Waals surface area contributed by atoms with E-state index in [9.17, 15) is 36.9 Å². The van der Waals surface area contributed by atoms with E-state index in [0.29, 0.717) is 0 Å². The van der Waals surface area contributed by atoms with E-state index in [0.717, 1.165) is 0 Å². The third kappa shape index (κ3) is 3.49. The summed E-state index contributed by atoms with van der Waals surface area (Å²) in [4.78, 5) is 22.3. The van der Waals surface area contributed by atoms with Crippen molar-refractivity contribution in [2.45, 2.75) is 12.8 Å². The minimum Gasteiger partial charge on any atom is -0.477 e. The predicted octanol–water partition coefficient (Wildman–Crippen LogP) is 2.52. The summed E-state index contributed by atoms with van der Waals surface area (Å²) in [5, 5.41) is 19.1. The van der Waals surface area contributed by atoms with Crippen molar-refractivity contribution in [3.8, 4) is 5.88 Å². The number of alkyl halides is 5. The molecule has 0 spiro atoms. The van der Waals surface area contributed by atoms with E-state index in [1.807, 2.05) is 0 Å². The lowest BCUT2D eigenvalue weighted by molar-refractivity contribution is -0.390. The van der Waals surface area contributed by atoms with Gasteiger partial charge in [-0.2, -0.15) is 0 Å². The molecule has 0 saturated heterocycles. The maximum absolute atomic E-state index is 12.5. The van der Waals surface area contributed by atoms with E-state index in [-0.39, 0.29) is 6.07 Å². The van der Waals surface area contributed by atoms with E-state index in [1.165, 1.54) is 0 Å². The number of carbonyl (C=O) groups is 1. The van der Waals surface area contributed by atoms with E-state index in [1.54, 1.807) is 0 Å². The van der Waals surface area contributed by atoms with E-state index in [2.05, 4.69) is 9.72 Å². The van der Waals surface area contributed by atoms with Crippen molar-refractivity contribution >= 4 is 11.8 Å². The number of carboxylic acid groups (broad SMARTS) is 1. The van der Waals surface area contributed by atoms with Gasteiger partial charge >= 0.3 is 24.0 Å². The molecule has 1 aromatic heterocycles. The van der Waals surface area contributed by atoms with Crippen LogP contribution in [-0.2, 0) is 0 Å². The first-order valence-electron chi connectivity index (χ1n) is 4.49. The maximum atomic E-state index is 12.5. The highest BCUT2D eigenvalue weighted by Crippen LogP contribution is 2.34. The van der Waals surface area contributed by atoms with Crippen LogP contribution in [0.15, 0.2) is 6.07 Å². The molecule has 1 rings (SSSR count). The Labute approximate surface area is 105 Å². The Morgan fingerprint density at radius 1 is 1.45 bits per heavy atom. The molecule has 0 aliphatic carbocycles. The number of rotatable bonds is 4. The van der Waals surface area contributed by atoms with Gasteiger partial charge in [-0.1, -0.05) is 0 Å². The maximum Gasteiger partial charge on any atom is 0.575 e. The number of hydrogen-bond acceptors (Lipinski definition) is 5. The van der Waals surface area contributed by atoms with Gasteiger partial charge in [0.15, 0.2) is 5.56 Å². The molecule has 1 aromatic rings. The third-order valence-electron chi connectivity index (χ3n) is 1.85. The van der Waals surface area contributed by atoms with Crippen molar-refractivity contribution in [2.75, 3.05) is 0 Å². The van der Waals surface area contributed by atoms with Crippen molar-refractivity contribution < 1.29 is 41.5 Å². The van der Waals surface area contributed by atoms with Gasteiger partial charge < -0.3 is 20.0 Å². The Balaban J connectivity index is 3.53. The fourth-order valence-corrected chi connectivity index (χ4v) is 1.15. The Kier molecular flexibility index (Phi) is 4.06. The van der Waals surface area contributed by atoms with E-state index < -0.39 is 46.5 Å². The first kappa shape index (κ1) is 15.5. The first-order chi connectivity index (χ1) is 9.03. The monoisotopic (exact) mass is 302 g/mol. The molecule has 0 fully saturated rings. The molecule has 0 atom stereocenters. The van der Waals surface area contributed by atoms with E-state index in [4.69, 9.17) is 5.11 Å². The van der Waals surface area contributed by atoms with Gasteiger partial charge in [-0.3, -0.25) is 0 Å². The van der Waals surface area contributed by atoms with Crippen LogP contribution in [0.4, 0.5) is 27.8 Å². The van der Waals surface area contributed by atoms with Crippen LogP contribution >= 0.6 is 0 Å². The zero-order valence-corrected chi connectivity index (χ0v) is 9.02. The van der Waals surface area contributed by atoms with Gasteiger partial charge in [0.05, 0.1) is 0 Å². The standard InChI is InChI=1S/C8H3F5N2O5/c9-4(10)2-1-3(7(16)17)5(15(18)19)14-6(2)20-8(11,12)13/h1,4H,(H,16,17). The van der Waals surface area contributed by atoms with Crippen molar-refractivity contribution in [1.29, 1.82) is 0 Å². The molecule has 0 bridgehead atoms. The normalized spacial score (nSPS) is 11.5. The van der Waals surface area contributed by atoms with E-state index >= 15 is 0 Å². The average Bonchev–Trinajstić information content (AvgIpc) is 2.25. The molecule has 7 nitrogen and oxygen atoms in total. The highest BCUT2D eigenvalue weighted by Gasteiger charge is 2.39. The summed E-state index contributed by atoms with van der Waals surface area (Å²) >= 11 is 0. The number of halogens is 5. The quantitative estimate of drug-likeness (QED) is 0.521. The van der Waals surface area contributed by atoms with Gasteiger partial charge in [0.1, 0.15) is 5.56 Å². The SMILES string of the molecule is O=C(O)c1cc(C(F)F)c(OC(F)(F)F)nc1[N+](=O)[O-]. The summed E-state index contributed by atoms with van der Waals surface area (Å²) in [5.74, 6) is -5.31. The molecule has 1 N–H and O–H groups in total. The summed E-state index contributed by atoms with van der Waals surface area (Å²) in [5.41, 5.74) is -2.80. The smallest absolute Gasteiger partial charge is 0.477 e. The highest BCUT2D eigenvalue weighted by atomic mass is 19.4. The van der Waals surface area contributed by atoms with Gasteiger partial charge in [-0.05, 0) is 11.0 Å². The molecule has 1 heterocycles. The molecule has 0 saturated carbocycles. The van der Waals surface area contributed by atoms with Crippen LogP contribution in [0.3, 0.4) is 0 Å². The predicted molar refractivity (Wildman–Crippen MR) is 49.5 cm³/mol. The molecule has 0 aromatic carbocycles. The Morgan fingerprint density at radius 2 is 2.00 bits per heavy atom. The van der Waals surface area contributed by atoms with Crippen molar-refractivity contribution in [3.63, 3.8) is 0 Å². The molecule has 0 aliphatic heterocycles. The van der Waals surface area contributed by atoms with Crippen LogP contribution in [0.1, 0.15) is 22.3 Å². The molecule has 20 heavy (non-hydrogen) atoms. The largest absolute Gasteiger partial charge is 0.575 e. The van der Waals surface area contributed by atoms with Crippen LogP contribution in [0.5, 0.6) is 5.88 Å². The van der Waals surface area contributed by atoms with Crippen molar-refractivity contribution in [1.82, 2.24) is 4.98 Å². The fourth-order valence-electron chi connectivity index (χ4n) is 1.15. The number of nitrogens with zero attached hydrogens (tertiary/aromatic N) is 2. The van der Waals surface area contributed by atoms with Crippen LogP contribution in [0.25, 0.3) is 0 Å². The summed E-state index contributed by atoms with van der Waals surface area (Å²) in [6, 6.07) is 0.0131. The first-order valence-corrected chi connectivity index (χ1v) is 4.49. The Bertz CT molecular complexity index is 559. The molecule has 12 heteroatoms. The van der Waals surface area contributed by atoms with Crippen molar-refractivity contribution in [2.24, 2.45) is 0 Å². The van der Waals surface area contributed by atoms with Gasteiger partial charge in [0.25, 0.3) is 6.43 Å². The summed E-state index contributed by atoms with van der Waals surface area (Å²) in [7, 11) is 0. The van der Waals surface area contributed by atoms with Gasteiger partial charge in [-0.25, -0.2) is 13.6 Å². The number of aromatic nitrogens is 1. The van der Waals surface area contributed by atoms with Gasteiger partial charge in [-0.15, -0.1) is 13.2 Å². The van der Waals surface area contributed by atoms with Crippen LogP contribution in [0, 0.1) is 10.1 Å². The topological polar surface area (TPSA) is 103 Å². The summed E-state index contributed by atoms with van der Waals surface area (Å²) in [6.07, 6.45) is -8.99. The third-order valence-corrected chi connectivity index (χ3v) is 1.85. The molecular weight excluding hydrogens is 299 g/mol. The number of hydrogen-bond donors (Lipinski definition) is 1. The summed E-state index contributed by atoms with van der Waals surface area (Å²) < 4.78 is 64.1. The number of aromatic carboxylic acids is 1. The lowest BCUT2D eigenvalue weighted by Crippen LogP contribution is -2.20. The van der Waals surface area contributed by atoms with Crippen molar-refractivity contribution in [3.05, 3.63) is 27.3 Å². The minimum absolute atomic E-state index is 0.0131. The number of carboxylic acids is 1. The second-order valence-electron chi connectivity index (χ2n) is 3.16. The van der Waals surface area contributed by atoms with Crippen LogP contribution in [0.2, 0.25) is 0 Å². The molecule has 0 aliphatic rings. The lowest BCUT2D eigenvalue weighted by atomic mass is 10.2. The fraction of sp³-hybridized carbons (Fsp3) is 0.250. The summed E-state index contributed by atoms with van der Waals surface area (Å²) in [6.45, 7) is 0. The Hall–Kier alpha value is -2.53. The second kappa shape index (κ2) is 5.22. The zero-order valence-electron chi connectivity index (χ0n) is 9.02.